The van der Waals surface area contributed by atoms with E-state index < -0.39 is 0 Å². The highest BCUT2D eigenvalue weighted by Crippen LogP contribution is 2.42. The molecule has 11 heterocycles. The van der Waals surface area contributed by atoms with Crippen LogP contribution >= 0.6 is 95.6 Å². The number of aliphatic imine (C=N–C) groups is 1. The first-order valence-electron chi connectivity index (χ1n) is 31.3. The van der Waals surface area contributed by atoms with E-state index in [9.17, 15) is 0 Å². The Morgan fingerprint density at radius 2 is 0.838 bits per heavy atom. The molecule has 0 bridgehead atoms. The maximum absolute atomic E-state index is 5.95. The van der Waals surface area contributed by atoms with Crippen LogP contribution in [0.5, 0.6) is 0 Å². The summed E-state index contributed by atoms with van der Waals surface area (Å²) < 4.78 is 52.3. The van der Waals surface area contributed by atoms with E-state index in [-0.39, 0.29) is 18.3 Å². The maximum Gasteiger partial charge on any atom is 0.500 e. The van der Waals surface area contributed by atoms with Gasteiger partial charge in [-0.05, 0) is 212 Å². The number of hydrogen-bond acceptors (Lipinski definition) is 17. The zero-order valence-corrected chi connectivity index (χ0v) is 67.3. The van der Waals surface area contributed by atoms with Crippen molar-refractivity contribution in [2.45, 2.75) is 115 Å². The Labute approximate surface area is 622 Å². The van der Waals surface area contributed by atoms with Gasteiger partial charge in [0.25, 0.3) is 0 Å². The summed E-state index contributed by atoms with van der Waals surface area (Å²) in [5.74, 6) is 3.96. The molecule has 9 aromatic heterocycles. The Hall–Kier alpha value is -7.44. The normalized spacial score (nSPS) is 13.4. The van der Waals surface area contributed by atoms with Gasteiger partial charge in [0.15, 0.2) is 0 Å². The molecule has 16 rings (SSSR count). The quantitative estimate of drug-likeness (QED) is 0.146. The summed E-state index contributed by atoms with van der Waals surface area (Å²) in [5, 5.41) is 42.2. The smallest absolute Gasteiger partial charge is 0.399 e. The lowest BCUT2D eigenvalue weighted by atomic mass is 9.77. The summed E-state index contributed by atoms with van der Waals surface area (Å²) in [4.78, 5) is 4.18. The predicted octanol–water partition coefficient (Wildman–Crippen LogP) is 19.2. The molecule has 0 radical (unpaired) electrons. The first kappa shape index (κ1) is 72.8. The minimum atomic E-state index is -0.378. The largest absolute Gasteiger partial charge is 0.500 e. The summed E-state index contributed by atoms with van der Waals surface area (Å²) in [6, 6.07) is 20.7. The molecule has 0 N–H and O–H groups in total. The second-order valence-electron chi connectivity index (χ2n) is 25.3. The number of hydrogen-bond donors (Lipinski definition) is 0. The molecule has 0 aliphatic carbocycles. The van der Waals surface area contributed by atoms with Crippen molar-refractivity contribution in [2.24, 2.45) is 33.2 Å². The van der Waals surface area contributed by atoms with Gasteiger partial charge in [-0.1, -0.05) is 89.5 Å². The van der Waals surface area contributed by atoms with Gasteiger partial charge >= 0.3 is 7.12 Å². The van der Waals surface area contributed by atoms with E-state index in [2.05, 4.69) is 177 Å². The van der Waals surface area contributed by atoms with Crippen molar-refractivity contribution in [3.63, 3.8) is 0 Å². The highest BCUT2D eigenvalue weighted by atomic mass is 79.9. The van der Waals surface area contributed by atoms with Crippen molar-refractivity contribution in [1.29, 1.82) is 0 Å². The minimum absolute atomic E-state index is 0.326. The van der Waals surface area contributed by atoms with Crippen LogP contribution in [0, 0.1) is 69.2 Å². The molecule has 99 heavy (non-hydrogen) atoms. The number of rotatable bonds is 5. The zero-order valence-electron chi connectivity index (χ0n) is 57.8. The topological polar surface area (TPSA) is 232 Å². The van der Waals surface area contributed by atoms with Crippen molar-refractivity contribution in [3.8, 4) is 44.5 Å². The van der Waals surface area contributed by atoms with Crippen LogP contribution in [0.2, 0.25) is 0 Å². The average Bonchev–Trinajstić information content (AvgIpc) is 1.66. The molecule has 0 amide bonds. The Morgan fingerprint density at radius 3 is 1.35 bits per heavy atom. The van der Waals surface area contributed by atoms with Gasteiger partial charge in [-0.3, -0.25) is 23.7 Å². The third kappa shape index (κ3) is 15.1. The van der Waals surface area contributed by atoms with Gasteiger partial charge < -0.3 is 31.9 Å². The number of fused-ring (bicyclic) bond motifs is 5. The molecule has 5 aromatic carbocycles. The lowest BCUT2D eigenvalue weighted by Crippen LogP contribution is -2.41. The van der Waals surface area contributed by atoms with E-state index in [0.717, 1.165) is 184 Å². The maximum atomic E-state index is 5.95. The molecular weight excluding hydrogens is 1650 g/mol. The minimum Gasteiger partial charge on any atom is -0.399 e. The second-order valence-corrected chi connectivity index (χ2v) is 30.6. The van der Waals surface area contributed by atoms with Gasteiger partial charge in [0.1, 0.15) is 39.8 Å². The van der Waals surface area contributed by atoms with Crippen molar-refractivity contribution >= 4 is 158 Å². The third-order valence-electron chi connectivity index (χ3n) is 17.5. The summed E-state index contributed by atoms with van der Waals surface area (Å²) >= 11 is 20.7. The molecule has 28 heteroatoms. The van der Waals surface area contributed by atoms with Gasteiger partial charge in [-0.2, -0.15) is 20.4 Å². The second kappa shape index (κ2) is 29.3. The SMILES string of the molecule is Brc1cc(Br)c2c(c1)C=NC2.Cc1noc(C)c1-c1cc(-c2c(C)noc2C)c2c(cnn2C)c1.Cc1noc(C)c1-c1cc(-c2c(C)noc2C)c2nn(C)cc2c1.Cc1noc(C)c1B1OC(C)(C)C(C)(C)O1.Cn1cc2cc(Br)cc(Br)c2n1.Cn1ncc2cc(Br)cc(Br)c21. The van der Waals surface area contributed by atoms with Crippen LogP contribution in [0.15, 0.2) is 140 Å². The highest BCUT2D eigenvalue weighted by molar-refractivity contribution is 9.11. The van der Waals surface area contributed by atoms with E-state index in [4.69, 9.17) is 31.9 Å². The van der Waals surface area contributed by atoms with Crippen LogP contribution in [0.1, 0.15) is 96.1 Å². The van der Waals surface area contributed by atoms with E-state index in [1.165, 1.54) is 11.1 Å². The van der Waals surface area contributed by atoms with Gasteiger partial charge in [0, 0.05) is 134 Å². The standard InChI is InChI=1S/2C18H18N4O2.C11H18BNO3.2C8H6Br2N2.C8H5Br2N/c1-9-16(11(3)23-20-9)13-6-14-8-22(5)19-18(14)15(7-13)17-10(2)21-24-12(17)4;1-9-16(11(3)23-20-9)13-6-14-8-19-22(5)18(14)15(7-13)17-10(2)21-24-12(17)4;1-7-9(8(2)14-13-7)12-15-10(3,4)11(5,6)16-12;1-12-4-5-2-6(9)3-7(10)8(5)11-12;1-12-8-5(4-11-12)2-6(9)3-7(8)10;9-6-1-5-3-11-4-7(5)8(10)2-6/h2*6-8H,1-5H3;1-6H3;2*2-4H,1H3;1-3H,4H2. The number of aromatic nitrogens is 13. The van der Waals surface area contributed by atoms with Crippen molar-refractivity contribution in [1.82, 2.24) is 64.9 Å². The average molecular weight is 1720 g/mol. The molecule has 0 spiro atoms. The zero-order chi connectivity index (χ0) is 71.4. The van der Waals surface area contributed by atoms with Gasteiger partial charge in [-0.15, -0.1) is 0 Å². The number of nitrogens with zero attached hydrogens (tertiary/aromatic N) is 14. The van der Waals surface area contributed by atoms with Crippen LogP contribution in [0.25, 0.3) is 88.1 Å². The highest BCUT2D eigenvalue weighted by Gasteiger charge is 2.53. The molecule has 1 saturated heterocycles. The Morgan fingerprint density at radius 1 is 0.424 bits per heavy atom. The number of benzene rings is 5. The van der Waals surface area contributed by atoms with Crippen molar-refractivity contribution < 1.29 is 31.9 Å². The van der Waals surface area contributed by atoms with Crippen LogP contribution in [-0.4, -0.2) is 89.4 Å². The first-order chi connectivity index (χ1) is 46.8. The molecular formula is C71H71BBr6N14O7. The Kier molecular flexibility index (Phi) is 21.5. The molecule has 0 atom stereocenters. The lowest BCUT2D eigenvalue weighted by Gasteiger charge is -2.32. The predicted molar refractivity (Wildman–Crippen MR) is 408 cm³/mol. The summed E-state index contributed by atoms with van der Waals surface area (Å²) in [6.45, 7) is 28.2. The summed E-state index contributed by atoms with van der Waals surface area (Å²) in [6.07, 6.45) is 9.64. The molecule has 2 aliphatic heterocycles. The van der Waals surface area contributed by atoms with Gasteiger partial charge in [0.2, 0.25) is 0 Å². The van der Waals surface area contributed by atoms with Crippen molar-refractivity contribution in [2.75, 3.05) is 0 Å². The molecule has 0 unspecified atom stereocenters. The summed E-state index contributed by atoms with van der Waals surface area (Å²) in [5.41, 5.74) is 19.4. The molecule has 512 valence electrons. The monoisotopic (exact) mass is 1720 g/mol. The molecule has 0 saturated carbocycles. The summed E-state index contributed by atoms with van der Waals surface area (Å²) in [7, 11) is 7.34. The molecule has 1 fully saturated rings. The first-order valence-corrected chi connectivity index (χ1v) is 36.0. The van der Waals surface area contributed by atoms with E-state index in [1.54, 1.807) is 0 Å². The van der Waals surface area contributed by atoms with Crippen LogP contribution < -0.4 is 5.46 Å². The van der Waals surface area contributed by atoms with Crippen LogP contribution in [0.4, 0.5) is 0 Å². The van der Waals surface area contributed by atoms with E-state index in [1.807, 2.05) is 205 Å². The fourth-order valence-electron chi connectivity index (χ4n) is 12.1. The van der Waals surface area contributed by atoms with Gasteiger partial charge in [-0.25, -0.2) is 0 Å². The molecule has 14 aromatic rings. The lowest BCUT2D eigenvalue weighted by molar-refractivity contribution is 0.00578. The number of aryl methyl sites for hydroxylation is 14. The molecule has 21 nitrogen and oxygen atoms in total. The fourth-order valence-corrected chi connectivity index (χ4v) is 16.3. The van der Waals surface area contributed by atoms with Crippen molar-refractivity contribution in [3.05, 3.63) is 181 Å². The van der Waals surface area contributed by atoms with E-state index >= 15 is 0 Å². The Balaban J connectivity index is 0.000000124. The van der Waals surface area contributed by atoms with Gasteiger partial charge in [0.05, 0.1) is 69.6 Å². The Bertz CT molecular complexity index is 5220. The number of halogens is 6. The molecule has 2 aliphatic rings. The van der Waals surface area contributed by atoms with Crippen LogP contribution in [-0.2, 0) is 44.0 Å². The van der Waals surface area contributed by atoms with E-state index in [0.29, 0.717) is 0 Å². The fraction of sp³-hybridized carbons (Fsp3) is 0.296. The third-order valence-corrected chi connectivity index (χ3v) is 20.7. The van der Waals surface area contributed by atoms with Crippen LogP contribution in [0.3, 0.4) is 0 Å².